The zero-order valence-corrected chi connectivity index (χ0v) is 11.0. The summed E-state index contributed by atoms with van der Waals surface area (Å²) in [5, 5.41) is 1.95. The maximum absolute atomic E-state index is 6.22. The molecule has 88 valence electrons. The minimum Gasteiger partial charge on any atom is -0.358 e. The van der Waals surface area contributed by atoms with Gasteiger partial charge in [-0.2, -0.15) is 0 Å². The molecule has 2 nitrogen and oxygen atoms in total. The average molecular weight is 259 g/mol. The highest BCUT2D eigenvalue weighted by Gasteiger charge is 2.12. The molecule has 4 heteroatoms. The molecule has 1 heterocycles. The first-order valence-corrected chi connectivity index (χ1v) is 5.49. The second kappa shape index (κ2) is 5.09. The quantitative estimate of drug-likeness (QED) is 0.853. The van der Waals surface area contributed by atoms with Crippen molar-refractivity contribution in [2.75, 3.05) is 6.54 Å². The Morgan fingerprint density at radius 1 is 1.31 bits per heavy atom. The van der Waals surface area contributed by atoms with Crippen molar-refractivity contribution in [1.29, 1.82) is 0 Å². The van der Waals surface area contributed by atoms with Crippen molar-refractivity contribution >= 4 is 34.9 Å². The zero-order valence-electron chi connectivity index (χ0n) is 9.43. The summed E-state index contributed by atoms with van der Waals surface area (Å²) in [5.74, 6) is 0. The minimum atomic E-state index is 0. The van der Waals surface area contributed by atoms with Gasteiger partial charge in [0.05, 0.1) is 10.5 Å². The third-order valence-corrected chi connectivity index (χ3v) is 3.14. The van der Waals surface area contributed by atoms with Gasteiger partial charge < -0.3 is 10.7 Å². The lowest BCUT2D eigenvalue weighted by Crippen LogP contribution is -2.03. The van der Waals surface area contributed by atoms with Crippen LogP contribution in [-0.2, 0) is 6.42 Å². The molecule has 2 rings (SSSR count). The molecule has 2 aromatic rings. The Morgan fingerprint density at radius 2 is 2.00 bits per heavy atom. The maximum atomic E-state index is 6.22. The number of aromatic nitrogens is 1. The third kappa shape index (κ3) is 2.05. The van der Waals surface area contributed by atoms with Gasteiger partial charge in [0.25, 0.3) is 0 Å². The van der Waals surface area contributed by atoms with Crippen LogP contribution in [0.3, 0.4) is 0 Å². The van der Waals surface area contributed by atoms with E-state index in [0.29, 0.717) is 6.54 Å². The van der Waals surface area contributed by atoms with E-state index in [1.54, 1.807) is 0 Å². The van der Waals surface area contributed by atoms with Gasteiger partial charge in [0.1, 0.15) is 0 Å². The van der Waals surface area contributed by atoms with Crippen molar-refractivity contribution in [2.24, 2.45) is 5.73 Å². The molecule has 0 fully saturated rings. The van der Waals surface area contributed by atoms with E-state index in [0.717, 1.165) is 22.3 Å². The van der Waals surface area contributed by atoms with Gasteiger partial charge in [0.15, 0.2) is 0 Å². The Bertz CT molecular complexity index is 503. The molecule has 0 saturated heterocycles. The van der Waals surface area contributed by atoms with Crippen LogP contribution in [0.4, 0.5) is 0 Å². The number of halogens is 2. The van der Waals surface area contributed by atoms with Crippen molar-refractivity contribution in [2.45, 2.75) is 20.3 Å². The highest BCUT2D eigenvalue weighted by atomic mass is 35.5. The van der Waals surface area contributed by atoms with Crippen LogP contribution in [0.2, 0.25) is 5.02 Å². The second-order valence-electron chi connectivity index (χ2n) is 3.88. The summed E-state index contributed by atoms with van der Waals surface area (Å²) in [5.41, 5.74) is 10.4. The summed E-state index contributed by atoms with van der Waals surface area (Å²) in [7, 11) is 0. The molecule has 1 aromatic heterocycles. The van der Waals surface area contributed by atoms with Gasteiger partial charge in [-0.1, -0.05) is 17.7 Å². The van der Waals surface area contributed by atoms with Crippen LogP contribution in [-0.4, -0.2) is 11.5 Å². The van der Waals surface area contributed by atoms with E-state index in [2.05, 4.69) is 18.8 Å². The van der Waals surface area contributed by atoms with Crippen LogP contribution in [0.1, 0.15) is 16.8 Å². The van der Waals surface area contributed by atoms with Crippen molar-refractivity contribution in [3.8, 4) is 0 Å². The van der Waals surface area contributed by atoms with Crippen molar-refractivity contribution < 1.29 is 0 Å². The molecule has 1 aromatic carbocycles. The van der Waals surface area contributed by atoms with Crippen molar-refractivity contribution in [3.05, 3.63) is 34.0 Å². The van der Waals surface area contributed by atoms with E-state index in [9.17, 15) is 0 Å². The SMILES string of the molecule is Cc1[nH]c2c(C)ccc(Cl)c2c1CCN.Cl. The molecule has 16 heavy (non-hydrogen) atoms. The molecule has 0 aliphatic carbocycles. The third-order valence-electron chi connectivity index (χ3n) is 2.82. The highest BCUT2D eigenvalue weighted by Crippen LogP contribution is 2.31. The number of nitrogens with two attached hydrogens (primary N) is 1. The Kier molecular flexibility index (Phi) is 4.25. The molecule has 0 unspecified atom stereocenters. The molecule has 0 amide bonds. The average Bonchev–Trinajstić information content (AvgIpc) is 2.53. The Labute approximate surface area is 107 Å². The van der Waals surface area contributed by atoms with Gasteiger partial charge in [0, 0.05) is 11.1 Å². The maximum Gasteiger partial charge on any atom is 0.0503 e. The summed E-state index contributed by atoms with van der Waals surface area (Å²) >= 11 is 6.22. The van der Waals surface area contributed by atoms with E-state index in [1.165, 1.54) is 16.8 Å². The monoisotopic (exact) mass is 258 g/mol. The number of fused-ring (bicyclic) bond motifs is 1. The summed E-state index contributed by atoms with van der Waals surface area (Å²) in [6, 6.07) is 3.99. The molecule has 0 saturated carbocycles. The first-order valence-electron chi connectivity index (χ1n) is 5.11. The first-order chi connectivity index (χ1) is 7.15. The Balaban J connectivity index is 0.00000128. The molecule has 0 aliphatic heterocycles. The van der Waals surface area contributed by atoms with E-state index < -0.39 is 0 Å². The Morgan fingerprint density at radius 3 is 2.62 bits per heavy atom. The molecule has 0 spiro atoms. The van der Waals surface area contributed by atoms with Gasteiger partial charge in [0.2, 0.25) is 0 Å². The standard InChI is InChI=1S/C12H15ClN2.ClH/c1-7-3-4-10(13)11-9(5-6-14)8(2)15-12(7)11;/h3-4,15H,5-6,14H2,1-2H3;1H. The fourth-order valence-electron chi connectivity index (χ4n) is 2.04. The number of aryl methyl sites for hydroxylation is 2. The summed E-state index contributed by atoms with van der Waals surface area (Å²) in [6.45, 7) is 4.81. The molecule has 0 bridgehead atoms. The van der Waals surface area contributed by atoms with E-state index >= 15 is 0 Å². The van der Waals surface area contributed by atoms with Crippen molar-refractivity contribution in [1.82, 2.24) is 4.98 Å². The predicted octanol–water partition coefficient (Wildman–Crippen LogP) is 3.36. The van der Waals surface area contributed by atoms with Gasteiger partial charge in [-0.25, -0.2) is 0 Å². The van der Waals surface area contributed by atoms with Crippen LogP contribution < -0.4 is 5.73 Å². The second-order valence-corrected chi connectivity index (χ2v) is 4.29. The lowest BCUT2D eigenvalue weighted by Gasteiger charge is -2.01. The summed E-state index contributed by atoms with van der Waals surface area (Å²) in [4.78, 5) is 3.38. The van der Waals surface area contributed by atoms with Gasteiger partial charge in [-0.05, 0) is 44.0 Å². The van der Waals surface area contributed by atoms with E-state index in [-0.39, 0.29) is 12.4 Å². The van der Waals surface area contributed by atoms with Crippen LogP contribution in [0.5, 0.6) is 0 Å². The number of hydrogen-bond donors (Lipinski definition) is 2. The smallest absolute Gasteiger partial charge is 0.0503 e. The molecule has 0 atom stereocenters. The topological polar surface area (TPSA) is 41.8 Å². The first kappa shape index (κ1) is 13.4. The fraction of sp³-hybridized carbons (Fsp3) is 0.333. The number of nitrogens with one attached hydrogen (secondary N) is 1. The van der Waals surface area contributed by atoms with Gasteiger partial charge >= 0.3 is 0 Å². The summed E-state index contributed by atoms with van der Waals surface area (Å²) in [6.07, 6.45) is 0.870. The lowest BCUT2D eigenvalue weighted by molar-refractivity contribution is 0.963. The van der Waals surface area contributed by atoms with Crippen LogP contribution >= 0.6 is 24.0 Å². The molecule has 0 aliphatic rings. The number of H-pyrrole nitrogens is 1. The minimum absolute atomic E-state index is 0. The number of rotatable bonds is 2. The van der Waals surface area contributed by atoms with Crippen molar-refractivity contribution in [3.63, 3.8) is 0 Å². The van der Waals surface area contributed by atoms with Crippen LogP contribution in [0.15, 0.2) is 12.1 Å². The molecule has 0 radical (unpaired) electrons. The highest BCUT2D eigenvalue weighted by molar-refractivity contribution is 6.35. The molecule has 3 N–H and O–H groups in total. The normalized spacial score (nSPS) is 10.5. The molecular weight excluding hydrogens is 243 g/mol. The number of aromatic amines is 1. The van der Waals surface area contributed by atoms with Crippen LogP contribution in [0, 0.1) is 13.8 Å². The van der Waals surface area contributed by atoms with Crippen LogP contribution in [0.25, 0.3) is 10.9 Å². The van der Waals surface area contributed by atoms with E-state index in [1.807, 2.05) is 12.1 Å². The Hall–Kier alpha value is -0.700. The zero-order chi connectivity index (χ0) is 11.0. The molecular formula is C12H16Cl2N2. The largest absolute Gasteiger partial charge is 0.358 e. The lowest BCUT2D eigenvalue weighted by atomic mass is 10.1. The van der Waals surface area contributed by atoms with Gasteiger partial charge in [-0.3, -0.25) is 0 Å². The van der Waals surface area contributed by atoms with E-state index in [4.69, 9.17) is 17.3 Å². The fourth-order valence-corrected chi connectivity index (χ4v) is 2.32. The number of benzene rings is 1. The summed E-state index contributed by atoms with van der Waals surface area (Å²) < 4.78 is 0. The van der Waals surface area contributed by atoms with Gasteiger partial charge in [-0.15, -0.1) is 12.4 Å². The predicted molar refractivity (Wildman–Crippen MR) is 72.8 cm³/mol. The number of hydrogen-bond acceptors (Lipinski definition) is 1.